The van der Waals surface area contributed by atoms with Crippen LogP contribution >= 0.6 is 0 Å². The zero-order valence-corrected chi connectivity index (χ0v) is 15.4. The summed E-state index contributed by atoms with van der Waals surface area (Å²) in [6, 6.07) is 15.8. The number of hydrogen-bond donors (Lipinski definition) is 0. The van der Waals surface area contributed by atoms with Crippen LogP contribution in [-0.2, 0) is 9.53 Å². The maximum atomic E-state index is 12.1. The lowest BCUT2D eigenvalue weighted by Crippen LogP contribution is -2.12. The molecule has 1 atom stereocenters. The van der Waals surface area contributed by atoms with Gasteiger partial charge in [0.25, 0.3) is 0 Å². The molecule has 0 aliphatic rings. The minimum Gasteiger partial charge on any atom is -0.493 e. The fraction of sp³-hybridized carbons (Fsp3) is 0.273. The van der Waals surface area contributed by atoms with Crippen molar-refractivity contribution in [3.05, 3.63) is 71.4 Å². The summed E-state index contributed by atoms with van der Waals surface area (Å²) in [5, 5.41) is 1.03. The molecule has 0 fully saturated rings. The molecule has 0 radical (unpaired) electrons. The lowest BCUT2D eigenvalue weighted by molar-refractivity contribution is -0.149. The number of benzene rings is 2. The largest absolute Gasteiger partial charge is 0.493 e. The van der Waals surface area contributed by atoms with Gasteiger partial charge in [-0.2, -0.15) is 0 Å². The van der Waals surface area contributed by atoms with Gasteiger partial charge in [-0.15, -0.1) is 0 Å². The van der Waals surface area contributed by atoms with E-state index in [2.05, 4.69) is 11.9 Å². The van der Waals surface area contributed by atoms with E-state index < -0.39 is 0 Å². The zero-order chi connectivity index (χ0) is 18.5. The molecular formula is C22H23NO3. The predicted molar refractivity (Wildman–Crippen MR) is 102 cm³/mol. The number of pyridine rings is 1. The van der Waals surface area contributed by atoms with Crippen LogP contribution in [0.5, 0.6) is 5.75 Å². The Bertz CT molecular complexity index is 920. The molecular weight excluding hydrogens is 326 g/mol. The molecule has 0 saturated carbocycles. The highest BCUT2D eigenvalue weighted by Crippen LogP contribution is 2.21. The predicted octanol–water partition coefficient (Wildman–Crippen LogP) is 4.92. The van der Waals surface area contributed by atoms with Gasteiger partial charge < -0.3 is 9.47 Å². The Morgan fingerprint density at radius 2 is 1.88 bits per heavy atom. The smallest absolute Gasteiger partial charge is 0.309 e. The second-order valence-electron chi connectivity index (χ2n) is 6.44. The van der Waals surface area contributed by atoms with Crippen LogP contribution in [0.15, 0.2) is 54.7 Å². The molecule has 1 aromatic heterocycles. The normalized spacial score (nSPS) is 12.0. The Kier molecular flexibility index (Phi) is 5.52. The summed E-state index contributed by atoms with van der Waals surface area (Å²) in [5.41, 5.74) is 4.20. The number of aromatic nitrogens is 1. The fourth-order valence-corrected chi connectivity index (χ4v) is 2.69. The van der Waals surface area contributed by atoms with Gasteiger partial charge in [0.05, 0.1) is 18.5 Å². The summed E-state index contributed by atoms with van der Waals surface area (Å²) in [5.74, 6) is 0.488. The standard InChI is InChI=1S/C22H23NO3/c1-15-8-9-20(12-16(15)2)25-11-10-22(24)26-17(3)19-13-18-6-4-5-7-21(18)23-14-19/h4-9,12-14,17H,10-11H2,1-3H3. The number of fused-ring (bicyclic) bond motifs is 1. The van der Waals surface area contributed by atoms with Crippen LogP contribution in [-0.4, -0.2) is 17.6 Å². The van der Waals surface area contributed by atoms with Crippen LogP contribution < -0.4 is 4.74 Å². The molecule has 0 aliphatic carbocycles. The van der Waals surface area contributed by atoms with Crippen LogP contribution in [0.3, 0.4) is 0 Å². The first-order valence-corrected chi connectivity index (χ1v) is 8.77. The number of esters is 1. The van der Waals surface area contributed by atoms with E-state index in [0.29, 0.717) is 6.61 Å². The zero-order valence-electron chi connectivity index (χ0n) is 15.4. The minimum atomic E-state index is -0.346. The van der Waals surface area contributed by atoms with E-state index in [-0.39, 0.29) is 18.5 Å². The fourth-order valence-electron chi connectivity index (χ4n) is 2.69. The van der Waals surface area contributed by atoms with Crippen LogP contribution in [0, 0.1) is 13.8 Å². The first-order chi connectivity index (χ1) is 12.5. The van der Waals surface area contributed by atoms with Gasteiger partial charge in [0.1, 0.15) is 11.9 Å². The molecule has 0 bridgehead atoms. The van der Waals surface area contributed by atoms with Crippen molar-refractivity contribution in [2.75, 3.05) is 6.61 Å². The summed E-state index contributed by atoms with van der Waals surface area (Å²) < 4.78 is 11.2. The Morgan fingerprint density at radius 3 is 2.69 bits per heavy atom. The van der Waals surface area contributed by atoms with Gasteiger partial charge in [-0.05, 0) is 56.2 Å². The number of hydrogen-bond acceptors (Lipinski definition) is 4. The van der Waals surface area contributed by atoms with Crippen molar-refractivity contribution >= 4 is 16.9 Å². The third-order valence-electron chi connectivity index (χ3n) is 4.44. The maximum Gasteiger partial charge on any atom is 0.309 e. The Labute approximate surface area is 153 Å². The Hall–Kier alpha value is -2.88. The molecule has 1 heterocycles. The third kappa shape index (κ3) is 4.39. The Morgan fingerprint density at radius 1 is 1.08 bits per heavy atom. The lowest BCUT2D eigenvalue weighted by Gasteiger charge is -2.14. The highest BCUT2D eigenvalue weighted by Gasteiger charge is 2.13. The summed E-state index contributed by atoms with van der Waals surface area (Å²) in [6.45, 7) is 6.24. The average molecular weight is 349 g/mol. The number of aryl methyl sites for hydroxylation is 2. The van der Waals surface area contributed by atoms with Crippen molar-refractivity contribution in [2.45, 2.75) is 33.3 Å². The molecule has 3 aromatic rings. The quantitative estimate of drug-likeness (QED) is 0.592. The van der Waals surface area contributed by atoms with E-state index in [0.717, 1.165) is 22.2 Å². The number of ether oxygens (including phenoxy) is 2. The molecule has 0 amide bonds. The third-order valence-corrected chi connectivity index (χ3v) is 4.44. The van der Waals surface area contributed by atoms with Gasteiger partial charge in [-0.25, -0.2) is 0 Å². The second-order valence-corrected chi connectivity index (χ2v) is 6.44. The SMILES string of the molecule is Cc1ccc(OCCC(=O)OC(C)c2cnc3ccccc3c2)cc1C. The second kappa shape index (κ2) is 8.00. The highest BCUT2D eigenvalue weighted by atomic mass is 16.5. The first-order valence-electron chi connectivity index (χ1n) is 8.77. The lowest BCUT2D eigenvalue weighted by atomic mass is 10.1. The van der Waals surface area contributed by atoms with Gasteiger partial charge in [0, 0.05) is 17.1 Å². The summed E-state index contributed by atoms with van der Waals surface area (Å²) >= 11 is 0. The summed E-state index contributed by atoms with van der Waals surface area (Å²) in [6.07, 6.45) is 1.62. The van der Waals surface area contributed by atoms with Crippen molar-refractivity contribution in [3.8, 4) is 5.75 Å². The van der Waals surface area contributed by atoms with Gasteiger partial charge in [-0.1, -0.05) is 24.3 Å². The van der Waals surface area contributed by atoms with E-state index in [1.807, 2.05) is 62.4 Å². The number of carbonyl (C=O) groups excluding carboxylic acids is 1. The summed E-state index contributed by atoms with van der Waals surface area (Å²) in [7, 11) is 0. The monoisotopic (exact) mass is 349 g/mol. The number of para-hydroxylation sites is 1. The van der Waals surface area contributed by atoms with E-state index in [4.69, 9.17) is 9.47 Å². The van der Waals surface area contributed by atoms with Crippen molar-refractivity contribution in [3.63, 3.8) is 0 Å². The number of nitrogens with zero attached hydrogens (tertiary/aromatic N) is 1. The number of carbonyl (C=O) groups is 1. The van der Waals surface area contributed by atoms with E-state index in [1.54, 1.807) is 6.20 Å². The molecule has 4 heteroatoms. The number of rotatable bonds is 6. The molecule has 0 spiro atoms. The molecule has 3 rings (SSSR count). The van der Waals surface area contributed by atoms with Crippen molar-refractivity contribution in [1.82, 2.24) is 4.98 Å². The molecule has 134 valence electrons. The molecule has 4 nitrogen and oxygen atoms in total. The van der Waals surface area contributed by atoms with Gasteiger partial charge in [-0.3, -0.25) is 9.78 Å². The molecule has 0 saturated heterocycles. The molecule has 0 N–H and O–H groups in total. The summed E-state index contributed by atoms with van der Waals surface area (Å²) in [4.78, 5) is 16.5. The van der Waals surface area contributed by atoms with Crippen molar-refractivity contribution in [1.29, 1.82) is 0 Å². The molecule has 2 aromatic carbocycles. The maximum absolute atomic E-state index is 12.1. The molecule has 26 heavy (non-hydrogen) atoms. The van der Waals surface area contributed by atoms with E-state index in [9.17, 15) is 4.79 Å². The van der Waals surface area contributed by atoms with Gasteiger partial charge >= 0.3 is 5.97 Å². The van der Waals surface area contributed by atoms with Crippen LogP contribution in [0.1, 0.15) is 36.1 Å². The van der Waals surface area contributed by atoms with Crippen molar-refractivity contribution in [2.24, 2.45) is 0 Å². The van der Waals surface area contributed by atoms with E-state index in [1.165, 1.54) is 11.1 Å². The van der Waals surface area contributed by atoms with Crippen LogP contribution in [0.4, 0.5) is 0 Å². The molecule has 1 unspecified atom stereocenters. The van der Waals surface area contributed by atoms with Gasteiger partial charge in [0.2, 0.25) is 0 Å². The molecule has 0 aliphatic heterocycles. The van der Waals surface area contributed by atoms with Gasteiger partial charge in [0.15, 0.2) is 0 Å². The van der Waals surface area contributed by atoms with Crippen LogP contribution in [0.2, 0.25) is 0 Å². The van der Waals surface area contributed by atoms with Crippen LogP contribution in [0.25, 0.3) is 10.9 Å². The Balaban J connectivity index is 1.52. The van der Waals surface area contributed by atoms with E-state index >= 15 is 0 Å². The average Bonchev–Trinajstić information content (AvgIpc) is 2.64. The highest BCUT2D eigenvalue weighted by molar-refractivity contribution is 5.79. The first kappa shape index (κ1) is 17.9. The topological polar surface area (TPSA) is 48.4 Å². The minimum absolute atomic E-state index is 0.207. The van der Waals surface area contributed by atoms with Crippen molar-refractivity contribution < 1.29 is 14.3 Å².